The maximum Gasteiger partial charge on any atom is 0.341 e. The molecule has 1 saturated heterocycles. The molecule has 0 unspecified atom stereocenters. The Labute approximate surface area is 115 Å². The van der Waals surface area contributed by atoms with Crippen molar-refractivity contribution in [2.45, 2.75) is 27.2 Å². The quantitative estimate of drug-likeness (QED) is 0.626. The highest BCUT2D eigenvalue weighted by atomic mass is 32.1. The molecule has 0 radical (unpaired) electrons. The number of rotatable bonds is 3. The number of aryl methyl sites for hydroxylation is 1. The average molecular weight is 281 g/mol. The summed E-state index contributed by atoms with van der Waals surface area (Å²) in [6.45, 7) is 5.76. The van der Waals surface area contributed by atoms with Crippen LogP contribution in [-0.4, -0.2) is 30.8 Å². The lowest BCUT2D eigenvalue weighted by Gasteiger charge is -2.14. The number of hydrogen-bond acceptors (Lipinski definition) is 5. The molecule has 6 heteroatoms. The van der Waals surface area contributed by atoms with Crippen molar-refractivity contribution in [3.8, 4) is 0 Å². The molecule has 5 nitrogen and oxygen atoms in total. The van der Waals surface area contributed by atoms with Crippen molar-refractivity contribution in [1.82, 2.24) is 0 Å². The van der Waals surface area contributed by atoms with Gasteiger partial charge in [-0.3, -0.25) is 14.5 Å². The van der Waals surface area contributed by atoms with Crippen molar-refractivity contribution in [3.05, 3.63) is 16.0 Å². The van der Waals surface area contributed by atoms with E-state index < -0.39 is 5.97 Å². The van der Waals surface area contributed by atoms with Crippen LogP contribution in [0, 0.1) is 13.8 Å². The van der Waals surface area contributed by atoms with E-state index in [0.717, 1.165) is 10.4 Å². The largest absolute Gasteiger partial charge is 0.462 e. The second-order valence-corrected chi connectivity index (χ2v) is 5.58. The summed E-state index contributed by atoms with van der Waals surface area (Å²) < 4.78 is 5.03. The molecule has 0 N–H and O–H groups in total. The van der Waals surface area contributed by atoms with Crippen LogP contribution in [0.25, 0.3) is 0 Å². The Bertz CT molecular complexity index is 561. The molecule has 0 atom stereocenters. The number of anilines is 1. The second-order valence-electron chi connectivity index (χ2n) is 4.38. The molecule has 1 aromatic heterocycles. The Kier molecular flexibility index (Phi) is 3.71. The van der Waals surface area contributed by atoms with E-state index in [1.165, 1.54) is 16.2 Å². The van der Waals surface area contributed by atoms with E-state index in [2.05, 4.69) is 0 Å². The van der Waals surface area contributed by atoms with E-state index in [1.807, 2.05) is 13.8 Å². The van der Waals surface area contributed by atoms with Crippen LogP contribution < -0.4 is 4.90 Å². The van der Waals surface area contributed by atoms with Gasteiger partial charge in [0.25, 0.3) is 0 Å². The fourth-order valence-corrected chi connectivity index (χ4v) is 3.17. The van der Waals surface area contributed by atoms with Gasteiger partial charge < -0.3 is 4.74 Å². The van der Waals surface area contributed by atoms with Crippen LogP contribution >= 0.6 is 11.3 Å². The molecule has 102 valence electrons. The summed E-state index contributed by atoms with van der Waals surface area (Å²) in [6, 6.07) is 0. The van der Waals surface area contributed by atoms with Crippen molar-refractivity contribution < 1.29 is 19.1 Å². The Balaban J connectivity index is 2.46. The summed E-state index contributed by atoms with van der Waals surface area (Å²) in [4.78, 5) is 37.5. The Morgan fingerprint density at radius 2 is 2.05 bits per heavy atom. The third-order valence-electron chi connectivity index (χ3n) is 3.08. The number of Topliss-reactive ketones (excluding diaryl/α,β-unsaturated/α-hetero) is 1. The van der Waals surface area contributed by atoms with Crippen LogP contribution in [0.1, 0.15) is 34.1 Å². The first-order valence-corrected chi connectivity index (χ1v) is 6.86. The van der Waals surface area contributed by atoms with E-state index in [0.29, 0.717) is 10.6 Å². The van der Waals surface area contributed by atoms with Gasteiger partial charge in [0, 0.05) is 4.88 Å². The fourth-order valence-electron chi connectivity index (χ4n) is 2.01. The fraction of sp³-hybridized carbons (Fsp3) is 0.462. The number of esters is 1. The predicted octanol–water partition coefficient (Wildman–Crippen LogP) is 1.85. The maximum absolute atomic E-state index is 12.0. The second kappa shape index (κ2) is 5.13. The zero-order valence-electron chi connectivity index (χ0n) is 11.1. The van der Waals surface area contributed by atoms with Crippen LogP contribution in [0.5, 0.6) is 0 Å². The van der Waals surface area contributed by atoms with Gasteiger partial charge in [0.1, 0.15) is 5.00 Å². The molecule has 1 aliphatic heterocycles. The summed E-state index contributed by atoms with van der Waals surface area (Å²) in [5.74, 6) is -0.813. The van der Waals surface area contributed by atoms with E-state index >= 15 is 0 Å². The van der Waals surface area contributed by atoms with Crippen molar-refractivity contribution in [1.29, 1.82) is 0 Å². The monoisotopic (exact) mass is 281 g/mol. The third-order valence-corrected chi connectivity index (χ3v) is 4.31. The summed E-state index contributed by atoms with van der Waals surface area (Å²) in [7, 11) is 0. The summed E-state index contributed by atoms with van der Waals surface area (Å²) in [5, 5.41) is 0.532. The van der Waals surface area contributed by atoms with Gasteiger partial charge >= 0.3 is 5.97 Å². The maximum atomic E-state index is 12.0. The Morgan fingerprint density at radius 1 is 1.37 bits per heavy atom. The minimum absolute atomic E-state index is 0.0463. The molecular weight excluding hydrogens is 266 g/mol. The number of ketones is 1. The average Bonchev–Trinajstić information content (AvgIpc) is 2.80. The van der Waals surface area contributed by atoms with Crippen molar-refractivity contribution in [2.24, 2.45) is 0 Å². The van der Waals surface area contributed by atoms with Gasteiger partial charge in [0.05, 0.1) is 25.1 Å². The third kappa shape index (κ3) is 2.40. The van der Waals surface area contributed by atoms with Crippen LogP contribution in [0.15, 0.2) is 0 Å². The molecule has 1 amide bonds. The molecule has 0 saturated carbocycles. The molecule has 1 aromatic rings. The lowest BCUT2D eigenvalue weighted by Crippen LogP contribution is -2.25. The van der Waals surface area contributed by atoms with Crippen LogP contribution in [0.4, 0.5) is 5.00 Å². The van der Waals surface area contributed by atoms with Crippen molar-refractivity contribution >= 4 is 34.0 Å². The number of carbonyl (C=O) groups excluding carboxylic acids is 3. The van der Waals surface area contributed by atoms with Crippen LogP contribution in [0.3, 0.4) is 0 Å². The Morgan fingerprint density at radius 3 is 2.58 bits per heavy atom. The molecule has 0 bridgehead atoms. The molecule has 0 aromatic carbocycles. The number of carbonyl (C=O) groups is 3. The van der Waals surface area contributed by atoms with Crippen molar-refractivity contribution in [3.63, 3.8) is 0 Å². The van der Waals surface area contributed by atoms with E-state index in [-0.39, 0.29) is 31.3 Å². The van der Waals surface area contributed by atoms with E-state index in [4.69, 9.17) is 4.74 Å². The number of hydrogen-bond donors (Lipinski definition) is 0. The summed E-state index contributed by atoms with van der Waals surface area (Å²) >= 11 is 1.35. The van der Waals surface area contributed by atoms with Gasteiger partial charge in [-0.2, -0.15) is 0 Å². The zero-order valence-corrected chi connectivity index (χ0v) is 11.9. The normalized spacial score (nSPS) is 15.2. The lowest BCUT2D eigenvalue weighted by molar-refractivity contribution is -0.121. The summed E-state index contributed by atoms with van der Waals surface area (Å²) in [6.07, 6.45) is -0.0851. The minimum atomic E-state index is -0.438. The highest BCUT2D eigenvalue weighted by molar-refractivity contribution is 7.17. The van der Waals surface area contributed by atoms with Crippen molar-refractivity contribution in [2.75, 3.05) is 18.1 Å². The topological polar surface area (TPSA) is 63.7 Å². The van der Waals surface area contributed by atoms with Gasteiger partial charge in [-0.15, -0.1) is 11.3 Å². The molecule has 2 heterocycles. The summed E-state index contributed by atoms with van der Waals surface area (Å²) in [5.41, 5.74) is 1.22. The minimum Gasteiger partial charge on any atom is -0.462 e. The van der Waals surface area contributed by atoms with Gasteiger partial charge in [-0.05, 0) is 26.3 Å². The standard InChI is InChI=1S/C13H15NO4S/c1-4-18-13(17)11-7(2)8(3)19-12(11)14-6-9(15)5-10(14)16/h4-6H2,1-3H3. The molecule has 1 aliphatic rings. The smallest absolute Gasteiger partial charge is 0.341 e. The first kappa shape index (κ1) is 13.7. The van der Waals surface area contributed by atoms with Gasteiger partial charge in [-0.1, -0.05) is 0 Å². The van der Waals surface area contributed by atoms with E-state index in [1.54, 1.807) is 6.92 Å². The first-order chi connectivity index (χ1) is 8.95. The zero-order chi connectivity index (χ0) is 14.2. The predicted molar refractivity (Wildman–Crippen MR) is 71.7 cm³/mol. The number of thiophene rings is 1. The molecule has 0 spiro atoms. The Hall–Kier alpha value is -1.69. The molecule has 0 aliphatic carbocycles. The molecule has 19 heavy (non-hydrogen) atoms. The van der Waals surface area contributed by atoms with E-state index in [9.17, 15) is 14.4 Å². The number of ether oxygens (including phenoxy) is 1. The highest BCUT2D eigenvalue weighted by Crippen LogP contribution is 2.37. The van der Waals surface area contributed by atoms with Crippen LogP contribution in [0.2, 0.25) is 0 Å². The van der Waals surface area contributed by atoms with Crippen LogP contribution in [-0.2, 0) is 14.3 Å². The highest BCUT2D eigenvalue weighted by Gasteiger charge is 2.34. The van der Waals surface area contributed by atoms with Gasteiger partial charge in [0.15, 0.2) is 5.78 Å². The van der Waals surface area contributed by atoms with Gasteiger partial charge in [-0.25, -0.2) is 4.79 Å². The molecular formula is C13H15NO4S. The number of nitrogens with zero attached hydrogens (tertiary/aromatic N) is 1. The first-order valence-electron chi connectivity index (χ1n) is 6.04. The molecule has 1 fully saturated rings. The lowest BCUT2D eigenvalue weighted by atomic mass is 10.1. The van der Waals surface area contributed by atoms with Gasteiger partial charge in [0.2, 0.25) is 5.91 Å². The SMILES string of the molecule is CCOC(=O)c1c(N2CC(=O)CC2=O)sc(C)c1C. The molecule has 2 rings (SSSR count). The number of amides is 1.